The Morgan fingerprint density at radius 3 is 2.38 bits per heavy atom. The van der Waals surface area contributed by atoms with Gasteiger partial charge < -0.3 is 15.2 Å². The van der Waals surface area contributed by atoms with E-state index in [9.17, 15) is 5.11 Å². The summed E-state index contributed by atoms with van der Waals surface area (Å²) < 4.78 is 5.00. The quantitative estimate of drug-likeness (QED) is 0.790. The fraction of sp³-hybridized carbons (Fsp3) is 0.733. The van der Waals surface area contributed by atoms with Gasteiger partial charge in [-0.3, -0.25) is 0 Å². The second-order valence-corrected chi connectivity index (χ2v) is 7.01. The molecule has 21 heavy (non-hydrogen) atoms. The number of halogens is 1. The van der Waals surface area contributed by atoms with Crippen molar-refractivity contribution in [2.24, 2.45) is 0 Å². The molecule has 1 atom stereocenters. The van der Waals surface area contributed by atoms with E-state index in [2.05, 4.69) is 15.3 Å². The van der Waals surface area contributed by atoms with Gasteiger partial charge in [0.2, 0.25) is 0 Å². The summed E-state index contributed by atoms with van der Waals surface area (Å²) in [6.07, 6.45) is 0.542. The van der Waals surface area contributed by atoms with Crippen LogP contribution in [-0.4, -0.2) is 40.9 Å². The van der Waals surface area contributed by atoms with Crippen LogP contribution in [0.4, 0.5) is 5.82 Å². The average Bonchev–Trinajstić information content (AvgIpc) is 2.37. The summed E-state index contributed by atoms with van der Waals surface area (Å²) in [7, 11) is 1.62. The largest absolute Gasteiger partial charge is 0.388 e. The van der Waals surface area contributed by atoms with Crippen LogP contribution in [0.1, 0.15) is 45.5 Å². The number of aromatic nitrogens is 2. The average molecular weight is 316 g/mol. The van der Waals surface area contributed by atoms with Crippen molar-refractivity contribution in [2.45, 2.75) is 52.1 Å². The van der Waals surface area contributed by atoms with E-state index in [1.807, 2.05) is 27.7 Å². The normalized spacial score (nSPS) is 14.9. The van der Waals surface area contributed by atoms with Crippen LogP contribution in [0.3, 0.4) is 0 Å². The highest BCUT2D eigenvalue weighted by Crippen LogP contribution is 2.26. The molecule has 5 nitrogen and oxygen atoms in total. The van der Waals surface area contributed by atoms with E-state index in [1.165, 1.54) is 0 Å². The highest BCUT2D eigenvalue weighted by molar-refractivity contribution is 6.30. The van der Waals surface area contributed by atoms with Crippen LogP contribution < -0.4 is 5.32 Å². The maximum absolute atomic E-state index is 10.3. The first-order chi connectivity index (χ1) is 9.57. The van der Waals surface area contributed by atoms with Crippen molar-refractivity contribution in [2.75, 3.05) is 25.6 Å². The molecule has 0 saturated heterocycles. The summed E-state index contributed by atoms with van der Waals surface area (Å²) in [5, 5.41) is 13.9. The van der Waals surface area contributed by atoms with Crippen LogP contribution in [0.5, 0.6) is 0 Å². The number of methoxy groups -OCH3 is 1. The summed E-state index contributed by atoms with van der Waals surface area (Å²) in [6, 6.07) is 0. The van der Waals surface area contributed by atoms with Gasteiger partial charge in [0.1, 0.15) is 16.8 Å². The molecule has 120 valence electrons. The molecule has 0 fully saturated rings. The van der Waals surface area contributed by atoms with E-state index in [0.29, 0.717) is 36.4 Å². The molecule has 1 unspecified atom stereocenters. The minimum atomic E-state index is -0.873. The predicted octanol–water partition coefficient (Wildman–Crippen LogP) is 2.94. The molecule has 1 aromatic heterocycles. The zero-order valence-electron chi connectivity index (χ0n) is 13.7. The standard InChI is InChI=1S/C15H26ClN3O2/c1-10-11(16)18-13(14(2,3)4)19-12(10)17-9-15(5,20)7-8-21-6/h20H,7-9H2,1-6H3,(H,17,18,19). The summed E-state index contributed by atoms with van der Waals surface area (Å²) in [6.45, 7) is 10.6. The number of nitrogens with zero attached hydrogens (tertiary/aromatic N) is 2. The second kappa shape index (κ2) is 6.90. The number of rotatable bonds is 6. The molecule has 0 amide bonds. The first kappa shape index (κ1) is 18.1. The van der Waals surface area contributed by atoms with E-state index < -0.39 is 5.60 Å². The lowest BCUT2D eigenvalue weighted by atomic mass is 9.95. The molecule has 0 radical (unpaired) electrons. The molecule has 0 aliphatic heterocycles. The van der Waals surface area contributed by atoms with E-state index in [-0.39, 0.29) is 5.41 Å². The molecule has 0 aromatic carbocycles. The molecule has 0 spiro atoms. The molecule has 6 heteroatoms. The van der Waals surface area contributed by atoms with Crippen LogP contribution in [0.15, 0.2) is 0 Å². The van der Waals surface area contributed by atoms with Gasteiger partial charge in [0.15, 0.2) is 0 Å². The topological polar surface area (TPSA) is 67.3 Å². The first-order valence-corrected chi connectivity index (χ1v) is 7.44. The van der Waals surface area contributed by atoms with Gasteiger partial charge >= 0.3 is 0 Å². The highest BCUT2D eigenvalue weighted by Gasteiger charge is 2.23. The number of anilines is 1. The van der Waals surface area contributed by atoms with Crippen molar-refractivity contribution in [3.63, 3.8) is 0 Å². The highest BCUT2D eigenvalue weighted by atomic mass is 35.5. The van der Waals surface area contributed by atoms with Crippen LogP contribution >= 0.6 is 11.6 Å². The number of hydrogen-bond donors (Lipinski definition) is 2. The Bertz CT molecular complexity index is 485. The lowest BCUT2D eigenvalue weighted by Crippen LogP contribution is -2.35. The van der Waals surface area contributed by atoms with E-state index in [4.69, 9.17) is 16.3 Å². The van der Waals surface area contributed by atoms with Crippen LogP contribution in [0.2, 0.25) is 5.15 Å². The Morgan fingerprint density at radius 1 is 1.24 bits per heavy atom. The van der Waals surface area contributed by atoms with Gasteiger partial charge in [-0.15, -0.1) is 0 Å². The monoisotopic (exact) mass is 315 g/mol. The van der Waals surface area contributed by atoms with Gasteiger partial charge in [-0.25, -0.2) is 9.97 Å². The lowest BCUT2D eigenvalue weighted by Gasteiger charge is -2.25. The molecular formula is C15H26ClN3O2. The third-order valence-corrected chi connectivity index (χ3v) is 3.61. The van der Waals surface area contributed by atoms with Crippen molar-refractivity contribution in [1.82, 2.24) is 9.97 Å². The fourth-order valence-electron chi connectivity index (χ4n) is 1.68. The van der Waals surface area contributed by atoms with Crippen LogP contribution in [0.25, 0.3) is 0 Å². The van der Waals surface area contributed by atoms with Crippen LogP contribution in [-0.2, 0) is 10.2 Å². The third-order valence-electron chi connectivity index (χ3n) is 3.24. The first-order valence-electron chi connectivity index (χ1n) is 7.06. The van der Waals surface area contributed by atoms with Gasteiger partial charge in [0.05, 0.1) is 5.60 Å². The Balaban J connectivity index is 2.90. The molecule has 1 rings (SSSR count). The SMILES string of the molecule is COCCC(C)(O)CNc1nc(C(C)(C)C)nc(Cl)c1C. The second-order valence-electron chi connectivity index (χ2n) is 6.65. The van der Waals surface area contributed by atoms with Gasteiger partial charge in [0.25, 0.3) is 0 Å². The summed E-state index contributed by atoms with van der Waals surface area (Å²) in [5.74, 6) is 1.34. The molecule has 0 bridgehead atoms. The zero-order valence-corrected chi connectivity index (χ0v) is 14.5. The zero-order chi connectivity index (χ0) is 16.3. The molecule has 0 saturated carbocycles. The number of ether oxygens (including phenoxy) is 1. The molecular weight excluding hydrogens is 290 g/mol. The maximum atomic E-state index is 10.3. The summed E-state index contributed by atoms with van der Waals surface area (Å²) in [5.41, 5.74) is -0.277. The van der Waals surface area contributed by atoms with Gasteiger partial charge in [0, 0.05) is 37.7 Å². The molecule has 0 aliphatic carbocycles. The number of aliphatic hydroxyl groups is 1. The Hall–Kier alpha value is -0.910. The van der Waals surface area contributed by atoms with Gasteiger partial charge in [-0.05, 0) is 13.8 Å². The third kappa shape index (κ3) is 5.41. The van der Waals surface area contributed by atoms with E-state index >= 15 is 0 Å². The molecule has 2 N–H and O–H groups in total. The molecule has 0 aliphatic rings. The van der Waals surface area contributed by atoms with Crippen molar-refractivity contribution in [3.05, 3.63) is 16.5 Å². The van der Waals surface area contributed by atoms with Gasteiger partial charge in [-0.2, -0.15) is 0 Å². The molecule has 1 aromatic rings. The maximum Gasteiger partial charge on any atom is 0.137 e. The van der Waals surface area contributed by atoms with Crippen molar-refractivity contribution < 1.29 is 9.84 Å². The number of nitrogens with one attached hydrogen (secondary N) is 1. The fourth-order valence-corrected chi connectivity index (χ4v) is 1.85. The summed E-state index contributed by atoms with van der Waals surface area (Å²) >= 11 is 6.19. The van der Waals surface area contributed by atoms with E-state index in [1.54, 1.807) is 14.0 Å². The van der Waals surface area contributed by atoms with Gasteiger partial charge in [-0.1, -0.05) is 32.4 Å². The van der Waals surface area contributed by atoms with Crippen molar-refractivity contribution in [1.29, 1.82) is 0 Å². The Labute approximate surface area is 132 Å². The minimum Gasteiger partial charge on any atom is -0.388 e. The Morgan fingerprint density at radius 2 is 1.86 bits per heavy atom. The predicted molar refractivity (Wildman–Crippen MR) is 86.1 cm³/mol. The van der Waals surface area contributed by atoms with Crippen molar-refractivity contribution in [3.8, 4) is 0 Å². The van der Waals surface area contributed by atoms with Crippen LogP contribution in [0, 0.1) is 6.92 Å². The molecule has 1 heterocycles. The van der Waals surface area contributed by atoms with E-state index in [0.717, 1.165) is 5.56 Å². The Kier molecular flexibility index (Phi) is 5.96. The number of hydrogen-bond acceptors (Lipinski definition) is 5. The lowest BCUT2D eigenvalue weighted by molar-refractivity contribution is 0.0357. The smallest absolute Gasteiger partial charge is 0.137 e. The minimum absolute atomic E-state index is 0.188. The van der Waals surface area contributed by atoms with Crippen molar-refractivity contribution >= 4 is 17.4 Å². The summed E-state index contributed by atoms with van der Waals surface area (Å²) in [4.78, 5) is 8.87.